The number of hydrogen-bond donors (Lipinski definition) is 1. The van der Waals surface area contributed by atoms with Crippen LogP contribution in [0.5, 0.6) is 11.5 Å². The predicted molar refractivity (Wildman–Crippen MR) is 130 cm³/mol. The van der Waals surface area contributed by atoms with E-state index in [0.717, 1.165) is 5.69 Å². The first kappa shape index (κ1) is 25.8. The predicted octanol–water partition coefficient (Wildman–Crippen LogP) is 1.81. The summed E-state index contributed by atoms with van der Waals surface area (Å²) in [5, 5.41) is 10.2. The lowest BCUT2D eigenvalue weighted by Crippen LogP contribution is -2.53. The summed E-state index contributed by atoms with van der Waals surface area (Å²) in [5.74, 6) is 0.555. The minimum absolute atomic E-state index is 0.0398. The molecule has 1 fully saturated rings. The maximum Gasteiger partial charge on any atom is 0.247 e. The van der Waals surface area contributed by atoms with E-state index in [9.17, 15) is 18.3 Å². The second kappa shape index (κ2) is 11.5. The highest BCUT2D eigenvalue weighted by Gasteiger charge is 2.33. The van der Waals surface area contributed by atoms with Crippen LogP contribution >= 0.6 is 0 Å². The summed E-state index contributed by atoms with van der Waals surface area (Å²) < 4.78 is 38.4. The van der Waals surface area contributed by atoms with Crippen molar-refractivity contribution in [3.63, 3.8) is 0 Å². The molecule has 9 nitrogen and oxygen atoms in total. The summed E-state index contributed by atoms with van der Waals surface area (Å²) in [7, 11) is -0.930. The van der Waals surface area contributed by atoms with Gasteiger partial charge in [-0.2, -0.15) is 4.31 Å². The largest absolute Gasteiger partial charge is 0.497 e. The van der Waals surface area contributed by atoms with E-state index in [-0.39, 0.29) is 49.3 Å². The van der Waals surface area contributed by atoms with E-state index in [1.54, 1.807) is 17.0 Å². The first-order valence-corrected chi connectivity index (χ1v) is 12.7. The fourth-order valence-corrected chi connectivity index (χ4v) is 5.44. The summed E-state index contributed by atoms with van der Waals surface area (Å²) in [6, 6.07) is 14.1. The highest BCUT2D eigenvalue weighted by atomic mass is 32.2. The van der Waals surface area contributed by atoms with Crippen LogP contribution in [0.25, 0.3) is 0 Å². The van der Waals surface area contributed by atoms with Crippen molar-refractivity contribution in [3.8, 4) is 11.5 Å². The molecule has 10 heteroatoms. The summed E-state index contributed by atoms with van der Waals surface area (Å²) >= 11 is 0. The molecule has 0 radical (unpaired) electrons. The van der Waals surface area contributed by atoms with Crippen molar-refractivity contribution in [2.75, 3.05) is 58.4 Å². The van der Waals surface area contributed by atoms with Crippen molar-refractivity contribution in [2.45, 2.75) is 24.3 Å². The first-order valence-electron chi connectivity index (χ1n) is 11.3. The molecule has 1 aliphatic rings. The lowest BCUT2D eigenvalue weighted by Gasteiger charge is -2.36. The van der Waals surface area contributed by atoms with Gasteiger partial charge in [-0.25, -0.2) is 8.42 Å². The number of sulfonamides is 1. The third kappa shape index (κ3) is 5.99. The van der Waals surface area contributed by atoms with Gasteiger partial charge < -0.3 is 24.4 Å². The van der Waals surface area contributed by atoms with Crippen LogP contribution in [0.1, 0.15) is 13.3 Å². The molecule has 0 saturated carbocycles. The number of carbonyl (C=O) groups is 1. The van der Waals surface area contributed by atoms with Crippen molar-refractivity contribution in [2.24, 2.45) is 0 Å². The van der Waals surface area contributed by atoms with Crippen LogP contribution in [-0.4, -0.2) is 88.2 Å². The fourth-order valence-electron chi connectivity index (χ4n) is 3.85. The van der Waals surface area contributed by atoms with Crippen LogP contribution in [-0.2, 0) is 14.8 Å². The zero-order valence-corrected chi connectivity index (χ0v) is 20.7. The Morgan fingerprint density at radius 1 is 1.06 bits per heavy atom. The molecule has 1 unspecified atom stereocenters. The van der Waals surface area contributed by atoms with Crippen molar-refractivity contribution in [1.82, 2.24) is 9.21 Å². The van der Waals surface area contributed by atoms with Gasteiger partial charge in [0, 0.05) is 44.5 Å². The molecular formula is C24H33N3O6S. The molecule has 1 atom stereocenters. The zero-order chi connectivity index (χ0) is 24.7. The van der Waals surface area contributed by atoms with E-state index in [2.05, 4.69) is 0 Å². The van der Waals surface area contributed by atoms with E-state index in [0.29, 0.717) is 18.7 Å². The molecule has 1 aliphatic heterocycles. The van der Waals surface area contributed by atoms with Crippen LogP contribution < -0.4 is 14.4 Å². The van der Waals surface area contributed by atoms with Gasteiger partial charge in [0.15, 0.2) is 0 Å². The summed E-state index contributed by atoms with van der Waals surface area (Å²) in [5.41, 5.74) is 0.856. The van der Waals surface area contributed by atoms with Gasteiger partial charge >= 0.3 is 0 Å². The monoisotopic (exact) mass is 491 g/mol. The zero-order valence-electron chi connectivity index (χ0n) is 19.9. The number of anilines is 1. The average Bonchev–Trinajstić information content (AvgIpc) is 2.88. The summed E-state index contributed by atoms with van der Waals surface area (Å²) in [6.07, 6.45) is 0.0368. The molecule has 1 N–H and O–H groups in total. The molecule has 0 aromatic heterocycles. The number of amides is 1. The van der Waals surface area contributed by atoms with Gasteiger partial charge in [0.2, 0.25) is 15.9 Å². The number of benzene rings is 2. The van der Waals surface area contributed by atoms with Gasteiger partial charge in [0.1, 0.15) is 16.4 Å². The van der Waals surface area contributed by atoms with Gasteiger partial charge in [-0.05, 0) is 30.7 Å². The number of piperazine rings is 1. The normalized spacial score (nSPS) is 15.6. The molecule has 1 heterocycles. The average molecular weight is 492 g/mol. The standard InChI is InChI=1S/C24H33N3O6S/c1-4-20(28)17-26(19-8-6-5-7-9-19)18-24(29)25-12-14-27(15-13-25)34(30,31)23-16-21(32-2)10-11-22(23)33-3/h5-11,16,20,28H,4,12-15,17-18H2,1-3H3. The Morgan fingerprint density at radius 2 is 1.74 bits per heavy atom. The topological polar surface area (TPSA) is 99.6 Å². The van der Waals surface area contributed by atoms with Crippen molar-refractivity contribution in [1.29, 1.82) is 0 Å². The van der Waals surface area contributed by atoms with Gasteiger partial charge in [0.25, 0.3) is 0 Å². The second-order valence-electron chi connectivity index (χ2n) is 8.08. The van der Waals surface area contributed by atoms with Crippen LogP contribution in [0.4, 0.5) is 5.69 Å². The first-order chi connectivity index (χ1) is 16.3. The number of aliphatic hydroxyl groups excluding tert-OH is 1. The SMILES string of the molecule is CCC(O)CN(CC(=O)N1CCN(S(=O)(=O)c2cc(OC)ccc2OC)CC1)c1ccccc1. The maximum absolute atomic E-state index is 13.3. The summed E-state index contributed by atoms with van der Waals surface area (Å²) in [6.45, 7) is 3.27. The Labute approximate surface area is 201 Å². The number of nitrogens with zero attached hydrogens (tertiary/aromatic N) is 3. The van der Waals surface area contributed by atoms with Crippen LogP contribution in [0, 0.1) is 0 Å². The van der Waals surface area contributed by atoms with Gasteiger partial charge in [-0.15, -0.1) is 0 Å². The number of rotatable bonds is 10. The molecular weight excluding hydrogens is 458 g/mol. The maximum atomic E-state index is 13.3. The fraction of sp³-hybridized carbons (Fsp3) is 0.458. The van der Waals surface area contributed by atoms with Gasteiger partial charge in [-0.1, -0.05) is 25.1 Å². The summed E-state index contributed by atoms with van der Waals surface area (Å²) in [4.78, 5) is 16.6. The Balaban J connectivity index is 1.68. The number of para-hydroxylation sites is 1. The minimum Gasteiger partial charge on any atom is -0.497 e. The van der Waals surface area contributed by atoms with Crippen molar-refractivity contribution in [3.05, 3.63) is 48.5 Å². The third-order valence-corrected chi connectivity index (χ3v) is 7.85. The Bertz CT molecular complexity index is 1060. The van der Waals surface area contributed by atoms with Crippen molar-refractivity contribution >= 4 is 21.6 Å². The quantitative estimate of drug-likeness (QED) is 0.541. The number of hydrogen-bond acceptors (Lipinski definition) is 7. The number of carbonyl (C=O) groups excluding carboxylic acids is 1. The van der Waals surface area contributed by atoms with E-state index < -0.39 is 16.1 Å². The number of ether oxygens (including phenoxy) is 2. The molecule has 3 rings (SSSR count). The lowest BCUT2D eigenvalue weighted by atomic mass is 10.2. The molecule has 2 aromatic rings. The minimum atomic E-state index is -3.82. The van der Waals surface area contributed by atoms with Crippen LogP contribution in [0.15, 0.2) is 53.4 Å². The van der Waals surface area contributed by atoms with Gasteiger partial charge in [-0.3, -0.25) is 4.79 Å². The third-order valence-electron chi connectivity index (χ3n) is 5.93. The van der Waals surface area contributed by atoms with Crippen LogP contribution in [0.2, 0.25) is 0 Å². The Hall–Kier alpha value is -2.82. The number of aliphatic hydroxyl groups is 1. The highest BCUT2D eigenvalue weighted by molar-refractivity contribution is 7.89. The Morgan fingerprint density at radius 3 is 2.32 bits per heavy atom. The molecule has 2 aromatic carbocycles. The van der Waals surface area contributed by atoms with Gasteiger partial charge in [0.05, 0.1) is 26.9 Å². The molecule has 186 valence electrons. The highest BCUT2D eigenvalue weighted by Crippen LogP contribution is 2.31. The molecule has 0 aliphatic carbocycles. The molecule has 0 spiro atoms. The molecule has 0 bridgehead atoms. The molecule has 1 saturated heterocycles. The molecule has 1 amide bonds. The van der Waals surface area contributed by atoms with E-state index >= 15 is 0 Å². The van der Waals surface area contributed by atoms with E-state index in [4.69, 9.17) is 9.47 Å². The van der Waals surface area contributed by atoms with Crippen LogP contribution in [0.3, 0.4) is 0 Å². The van der Waals surface area contributed by atoms with E-state index in [1.165, 1.54) is 24.6 Å². The number of methoxy groups -OCH3 is 2. The Kier molecular flexibility index (Phi) is 8.76. The smallest absolute Gasteiger partial charge is 0.247 e. The second-order valence-corrected chi connectivity index (χ2v) is 9.99. The lowest BCUT2D eigenvalue weighted by molar-refractivity contribution is -0.130. The van der Waals surface area contributed by atoms with Crippen molar-refractivity contribution < 1.29 is 27.8 Å². The van der Waals surface area contributed by atoms with E-state index in [1.807, 2.05) is 42.2 Å². The molecule has 34 heavy (non-hydrogen) atoms.